The van der Waals surface area contributed by atoms with Gasteiger partial charge in [-0.2, -0.15) is 0 Å². The maximum absolute atomic E-state index is 12.8. The lowest BCUT2D eigenvalue weighted by atomic mass is 10.1. The fourth-order valence-corrected chi connectivity index (χ4v) is 3.85. The molecule has 0 aliphatic rings. The molecule has 0 saturated carbocycles. The summed E-state index contributed by atoms with van der Waals surface area (Å²) in [6.07, 6.45) is 0. The fraction of sp³-hybridized carbons (Fsp3) is 0.250. The molecule has 2 aromatic carbocycles. The first-order chi connectivity index (χ1) is 9.73. The van der Waals surface area contributed by atoms with E-state index in [1.807, 2.05) is 32.0 Å². The van der Waals surface area contributed by atoms with Crippen LogP contribution in [0.1, 0.15) is 16.7 Å². The summed E-state index contributed by atoms with van der Waals surface area (Å²) in [6, 6.07) is 10.6. The molecule has 0 heterocycles. The molecule has 0 atom stereocenters. The van der Waals surface area contributed by atoms with Crippen molar-refractivity contribution in [1.82, 2.24) is 0 Å². The first kappa shape index (κ1) is 15.4. The van der Waals surface area contributed by atoms with Gasteiger partial charge in [0.05, 0.1) is 10.6 Å². The second-order valence-electron chi connectivity index (χ2n) is 5.29. The topological polar surface area (TPSA) is 63.4 Å². The molecule has 0 amide bonds. The van der Waals surface area contributed by atoms with Crippen LogP contribution in [0.15, 0.2) is 41.3 Å². The Bertz CT molecular complexity index is 783. The highest BCUT2D eigenvalue weighted by atomic mass is 32.2. The first-order valence-electron chi connectivity index (χ1n) is 6.66. The quantitative estimate of drug-likeness (QED) is 0.887. The van der Waals surface area contributed by atoms with E-state index in [4.69, 9.17) is 5.73 Å². The summed E-state index contributed by atoms with van der Waals surface area (Å²) in [5, 5.41) is 0. The van der Waals surface area contributed by atoms with Gasteiger partial charge in [0.2, 0.25) is 0 Å². The zero-order chi connectivity index (χ0) is 15.8. The van der Waals surface area contributed by atoms with Gasteiger partial charge in [-0.3, -0.25) is 4.31 Å². The average Bonchev–Trinajstić information content (AvgIpc) is 2.40. The van der Waals surface area contributed by atoms with E-state index in [-0.39, 0.29) is 4.90 Å². The average molecular weight is 304 g/mol. The number of nitrogen functional groups attached to an aromatic ring is 1. The Morgan fingerprint density at radius 3 is 2.24 bits per heavy atom. The molecule has 0 saturated heterocycles. The van der Waals surface area contributed by atoms with Crippen molar-refractivity contribution in [3.8, 4) is 0 Å². The van der Waals surface area contributed by atoms with E-state index in [9.17, 15) is 8.42 Å². The van der Waals surface area contributed by atoms with Gasteiger partial charge in [0, 0.05) is 12.7 Å². The highest BCUT2D eigenvalue weighted by molar-refractivity contribution is 7.92. The molecule has 2 aromatic rings. The summed E-state index contributed by atoms with van der Waals surface area (Å²) in [5.74, 6) is 0. The first-order valence-corrected chi connectivity index (χ1v) is 8.10. The largest absolute Gasteiger partial charge is 0.399 e. The van der Waals surface area contributed by atoms with E-state index in [1.54, 1.807) is 26.1 Å². The summed E-state index contributed by atoms with van der Waals surface area (Å²) in [6.45, 7) is 5.65. The standard InChI is InChI=1S/C16H20N2O2S/c1-11-5-8-15(13(3)9-11)18(4)21(19,20)16-10-14(17)7-6-12(16)2/h5-10H,17H2,1-4H3. The molecule has 2 N–H and O–H groups in total. The third-order valence-electron chi connectivity index (χ3n) is 3.54. The van der Waals surface area contributed by atoms with E-state index >= 15 is 0 Å². The molecular weight excluding hydrogens is 284 g/mol. The second kappa shape index (κ2) is 5.41. The number of hydrogen-bond donors (Lipinski definition) is 1. The fourth-order valence-electron chi connectivity index (χ4n) is 2.33. The lowest BCUT2D eigenvalue weighted by molar-refractivity contribution is 0.593. The van der Waals surface area contributed by atoms with Crippen LogP contribution in [0.25, 0.3) is 0 Å². The van der Waals surface area contributed by atoms with Gasteiger partial charge in [0.1, 0.15) is 0 Å². The zero-order valence-corrected chi connectivity index (χ0v) is 13.5. The van der Waals surface area contributed by atoms with Crippen LogP contribution in [-0.4, -0.2) is 15.5 Å². The zero-order valence-electron chi connectivity index (χ0n) is 12.7. The molecule has 2 rings (SSSR count). The van der Waals surface area contributed by atoms with Gasteiger partial charge >= 0.3 is 0 Å². The Balaban J connectivity index is 2.55. The molecule has 0 spiro atoms. The number of nitrogens with zero attached hydrogens (tertiary/aromatic N) is 1. The number of sulfonamides is 1. The summed E-state index contributed by atoms with van der Waals surface area (Å²) >= 11 is 0. The summed E-state index contributed by atoms with van der Waals surface area (Å²) in [7, 11) is -2.06. The van der Waals surface area contributed by atoms with Gasteiger partial charge in [-0.05, 0) is 50.1 Å². The normalized spacial score (nSPS) is 11.4. The maximum atomic E-state index is 12.8. The van der Waals surface area contributed by atoms with Crippen LogP contribution in [0.4, 0.5) is 11.4 Å². The van der Waals surface area contributed by atoms with Crippen molar-refractivity contribution in [3.05, 3.63) is 53.1 Å². The Kier molecular flexibility index (Phi) is 3.96. The highest BCUT2D eigenvalue weighted by Crippen LogP contribution is 2.28. The molecule has 0 bridgehead atoms. The van der Waals surface area contributed by atoms with Crippen molar-refractivity contribution in [2.45, 2.75) is 25.7 Å². The van der Waals surface area contributed by atoms with Crippen LogP contribution in [0.5, 0.6) is 0 Å². The summed E-state index contributed by atoms with van der Waals surface area (Å²) in [4.78, 5) is 0.241. The monoisotopic (exact) mass is 304 g/mol. The molecule has 5 heteroatoms. The van der Waals surface area contributed by atoms with Crippen LogP contribution in [0, 0.1) is 20.8 Å². The third kappa shape index (κ3) is 2.88. The van der Waals surface area contributed by atoms with Gasteiger partial charge in [-0.15, -0.1) is 0 Å². The van der Waals surface area contributed by atoms with Crippen molar-refractivity contribution < 1.29 is 8.42 Å². The van der Waals surface area contributed by atoms with Crippen molar-refractivity contribution in [1.29, 1.82) is 0 Å². The van der Waals surface area contributed by atoms with E-state index in [2.05, 4.69) is 0 Å². The minimum atomic E-state index is -3.63. The predicted octanol–water partition coefficient (Wildman–Crippen LogP) is 3.02. The number of aryl methyl sites for hydroxylation is 3. The van der Waals surface area contributed by atoms with Gasteiger partial charge in [0.15, 0.2) is 0 Å². The van der Waals surface area contributed by atoms with E-state index in [0.717, 1.165) is 11.1 Å². The molecule has 0 aromatic heterocycles. The molecule has 0 aliphatic heterocycles. The minimum Gasteiger partial charge on any atom is -0.399 e. The van der Waals surface area contributed by atoms with Gasteiger partial charge < -0.3 is 5.73 Å². The van der Waals surface area contributed by atoms with E-state index in [1.165, 1.54) is 10.4 Å². The lowest BCUT2D eigenvalue weighted by Crippen LogP contribution is -2.28. The summed E-state index contributed by atoms with van der Waals surface area (Å²) in [5.41, 5.74) is 9.54. The molecule has 0 fully saturated rings. The second-order valence-corrected chi connectivity index (χ2v) is 7.23. The molecule has 0 unspecified atom stereocenters. The Morgan fingerprint density at radius 2 is 1.62 bits per heavy atom. The number of nitrogens with two attached hydrogens (primary N) is 1. The molecule has 0 aliphatic carbocycles. The smallest absolute Gasteiger partial charge is 0.264 e. The van der Waals surface area contributed by atoms with Crippen molar-refractivity contribution in [2.24, 2.45) is 0 Å². The van der Waals surface area contributed by atoms with Crippen molar-refractivity contribution in [3.63, 3.8) is 0 Å². The number of anilines is 2. The van der Waals surface area contributed by atoms with E-state index < -0.39 is 10.0 Å². The number of benzene rings is 2. The molecule has 4 nitrogen and oxygen atoms in total. The highest BCUT2D eigenvalue weighted by Gasteiger charge is 2.24. The van der Waals surface area contributed by atoms with Gasteiger partial charge in [-0.25, -0.2) is 8.42 Å². The maximum Gasteiger partial charge on any atom is 0.264 e. The minimum absolute atomic E-state index is 0.241. The van der Waals surface area contributed by atoms with Gasteiger partial charge in [0.25, 0.3) is 10.0 Å². The van der Waals surface area contributed by atoms with Crippen LogP contribution >= 0.6 is 0 Å². The SMILES string of the molecule is Cc1ccc(N(C)S(=O)(=O)c2cc(N)ccc2C)c(C)c1. The van der Waals surface area contributed by atoms with Gasteiger partial charge in [-0.1, -0.05) is 23.8 Å². The Morgan fingerprint density at radius 1 is 0.952 bits per heavy atom. The van der Waals surface area contributed by atoms with Crippen LogP contribution in [0.2, 0.25) is 0 Å². The molecule has 0 radical (unpaired) electrons. The van der Waals surface area contributed by atoms with Crippen LogP contribution in [0.3, 0.4) is 0 Å². The lowest BCUT2D eigenvalue weighted by Gasteiger charge is -2.23. The van der Waals surface area contributed by atoms with Crippen molar-refractivity contribution >= 4 is 21.4 Å². The van der Waals surface area contributed by atoms with E-state index in [0.29, 0.717) is 16.9 Å². The Labute approximate surface area is 126 Å². The number of rotatable bonds is 3. The molecule has 21 heavy (non-hydrogen) atoms. The van der Waals surface area contributed by atoms with Crippen molar-refractivity contribution in [2.75, 3.05) is 17.1 Å². The predicted molar refractivity (Wildman–Crippen MR) is 87.1 cm³/mol. The van der Waals surface area contributed by atoms with Crippen LogP contribution < -0.4 is 10.0 Å². The molecule has 112 valence electrons. The molecular formula is C16H20N2O2S. The summed E-state index contributed by atoms with van der Waals surface area (Å²) < 4.78 is 26.9. The third-order valence-corrected chi connectivity index (χ3v) is 5.46. The Hall–Kier alpha value is -2.01. The number of hydrogen-bond acceptors (Lipinski definition) is 3. The van der Waals surface area contributed by atoms with Crippen LogP contribution in [-0.2, 0) is 10.0 Å².